The monoisotopic (exact) mass is 840 g/mol. The maximum absolute atomic E-state index is 15.5. The zero-order chi connectivity index (χ0) is 42.0. The average molecular weight is 841 g/mol. The van der Waals surface area contributed by atoms with Crippen molar-refractivity contribution in [3.8, 4) is 23.0 Å². The number of carbonyl (C=O) groups excluding carboxylic acids is 1. The highest BCUT2D eigenvalue weighted by atomic mass is 32.2. The number of aromatic nitrogens is 5. The van der Waals surface area contributed by atoms with Gasteiger partial charge in [0, 0.05) is 72.8 Å². The van der Waals surface area contributed by atoms with Crippen LogP contribution in [-0.2, 0) is 56.9 Å². The van der Waals surface area contributed by atoms with Gasteiger partial charge in [-0.15, -0.1) is 0 Å². The first kappa shape index (κ1) is 40.7. The quantitative estimate of drug-likeness (QED) is 0.0816. The molecule has 5 aromatic rings. The number of morpholine rings is 1. The van der Waals surface area contributed by atoms with Crippen LogP contribution in [0.15, 0.2) is 48.5 Å². The van der Waals surface area contributed by atoms with Gasteiger partial charge in [-0.3, -0.25) is 23.3 Å². The third kappa shape index (κ3) is 8.27. The third-order valence-electron chi connectivity index (χ3n) is 11.0. The lowest BCUT2D eigenvalue weighted by molar-refractivity contribution is -0.142. The molecule has 9 nitrogen and oxygen atoms in total. The van der Waals surface area contributed by atoms with Gasteiger partial charge in [-0.1, -0.05) is 24.1 Å². The van der Waals surface area contributed by atoms with E-state index in [9.17, 15) is 31.0 Å². The van der Waals surface area contributed by atoms with Crippen molar-refractivity contribution in [1.29, 1.82) is 0 Å². The van der Waals surface area contributed by atoms with Crippen molar-refractivity contribution in [3.05, 3.63) is 99.8 Å². The molecule has 2 aromatic carbocycles. The summed E-state index contributed by atoms with van der Waals surface area (Å²) in [4.78, 5) is 21.2. The predicted molar refractivity (Wildman–Crippen MR) is 207 cm³/mol. The van der Waals surface area contributed by atoms with Gasteiger partial charge in [0.05, 0.1) is 42.4 Å². The second-order valence-electron chi connectivity index (χ2n) is 15.7. The molecule has 8 rings (SSSR count). The van der Waals surface area contributed by atoms with Crippen LogP contribution in [0.25, 0.3) is 22.0 Å². The Bertz CT molecular complexity index is 2640. The Morgan fingerprint density at radius 2 is 1.80 bits per heavy atom. The highest BCUT2D eigenvalue weighted by Crippen LogP contribution is 2.68. The molecular formula is C42H39F7N6O3S. The summed E-state index contributed by atoms with van der Waals surface area (Å²) in [5, 5.41) is 8.85. The molecule has 3 aliphatic rings. The summed E-state index contributed by atoms with van der Waals surface area (Å²) in [7, 11) is -0.795. The van der Waals surface area contributed by atoms with E-state index in [2.05, 4.69) is 32.8 Å². The molecule has 4 heterocycles. The largest absolute Gasteiger partial charge is 0.435 e. The van der Waals surface area contributed by atoms with Crippen molar-refractivity contribution in [2.24, 2.45) is 13.0 Å². The van der Waals surface area contributed by atoms with E-state index in [-0.39, 0.29) is 29.9 Å². The number of alkyl halides is 5. The number of hydrogen-bond donors (Lipinski definition) is 0. The van der Waals surface area contributed by atoms with Gasteiger partial charge >= 0.3 is 6.18 Å². The highest BCUT2D eigenvalue weighted by Gasteiger charge is 2.68. The molecule has 2 fully saturated rings. The van der Waals surface area contributed by atoms with E-state index < -0.39 is 86.7 Å². The van der Waals surface area contributed by atoms with Crippen molar-refractivity contribution in [1.82, 2.24) is 29.4 Å². The molecule has 0 spiro atoms. The first-order valence-corrected chi connectivity index (χ1v) is 21.3. The maximum Gasteiger partial charge on any atom is 0.435 e. The lowest BCUT2D eigenvalue weighted by Crippen LogP contribution is -2.36. The summed E-state index contributed by atoms with van der Waals surface area (Å²) >= 11 is 0. The average Bonchev–Trinajstić information content (AvgIpc) is 3.70. The fraction of sp³-hybridized carbons (Fsp3) is 0.405. The number of nitrogens with zero attached hydrogens (tertiary/aromatic N) is 6. The van der Waals surface area contributed by atoms with Gasteiger partial charge in [-0.05, 0) is 69.9 Å². The number of rotatable bonds is 11. The number of Topliss-reactive ketones (excluding diaryl/α,β-unsaturated/α-hetero) is 1. The molecule has 3 aromatic heterocycles. The van der Waals surface area contributed by atoms with Crippen molar-refractivity contribution in [2.45, 2.75) is 55.5 Å². The normalized spacial score (nSPS) is 20.1. The van der Waals surface area contributed by atoms with Crippen molar-refractivity contribution in [2.75, 3.05) is 39.1 Å². The number of para-hydroxylation sites is 1. The fourth-order valence-corrected chi connectivity index (χ4v) is 9.28. The van der Waals surface area contributed by atoms with Crippen LogP contribution in [0.3, 0.4) is 0 Å². The van der Waals surface area contributed by atoms with Gasteiger partial charge in [0.25, 0.3) is 5.92 Å². The topological polar surface area (TPSA) is 95.1 Å². The van der Waals surface area contributed by atoms with Gasteiger partial charge in [-0.25, -0.2) is 13.8 Å². The molecule has 0 bridgehead atoms. The predicted octanol–water partition coefficient (Wildman–Crippen LogP) is 6.85. The number of ketones is 1. The van der Waals surface area contributed by atoms with Crippen molar-refractivity contribution < 1.29 is 44.5 Å². The smallest absolute Gasteiger partial charge is 0.379 e. The maximum atomic E-state index is 15.5. The molecule has 0 amide bonds. The van der Waals surface area contributed by atoms with Crippen LogP contribution in [0.1, 0.15) is 64.3 Å². The van der Waals surface area contributed by atoms with Crippen LogP contribution < -0.4 is 0 Å². The Balaban J connectivity index is 1.24. The minimum atomic E-state index is -5.02. The van der Waals surface area contributed by atoms with Gasteiger partial charge in [0.15, 0.2) is 11.5 Å². The van der Waals surface area contributed by atoms with E-state index in [0.717, 1.165) is 12.1 Å². The molecule has 1 unspecified atom stereocenters. The summed E-state index contributed by atoms with van der Waals surface area (Å²) < 4.78 is 123. The van der Waals surface area contributed by atoms with E-state index >= 15 is 8.78 Å². The summed E-state index contributed by atoms with van der Waals surface area (Å²) in [6.45, 7) is 2.02. The zero-order valence-corrected chi connectivity index (χ0v) is 32.9. The van der Waals surface area contributed by atoms with Crippen LogP contribution in [0, 0.1) is 29.4 Å². The van der Waals surface area contributed by atoms with E-state index in [0.29, 0.717) is 77.0 Å². The van der Waals surface area contributed by atoms with Crippen LogP contribution >= 0.6 is 0 Å². The summed E-state index contributed by atoms with van der Waals surface area (Å²) in [5.41, 5.74) is 0.0479. The Labute approximate surface area is 335 Å². The van der Waals surface area contributed by atoms with Crippen LogP contribution in [0.4, 0.5) is 30.7 Å². The molecule has 59 heavy (non-hydrogen) atoms. The number of aryl methyl sites for hydroxylation is 1. The lowest BCUT2D eigenvalue weighted by Gasteiger charge is -2.24. The van der Waals surface area contributed by atoms with E-state index in [1.807, 2.05) is 6.07 Å². The Morgan fingerprint density at radius 3 is 2.49 bits per heavy atom. The summed E-state index contributed by atoms with van der Waals surface area (Å²) in [5.74, 6) is 0.647. The standard InChI is InChI=1S/C42H39F7N6O3S/c1-53-38-31(7-4-8-32(38)35(51-53)23-59(2,3)57)30-10-9-28(6-5-11-54-12-14-58-15-13-54)50-37(30)25(16-24-17-26(43)20-27(44)18-24)19-29(56)22-55-40-36(39(52-55)42(47,48)49)33-21-34(33)41(40,45)46/h4,7-10,17-18,20,25,33-34H,2,11-16,19,21-23H2,1,3H3/t25-,33+,34-,59?/m1/s1. The number of benzene rings is 2. The van der Waals surface area contributed by atoms with Crippen molar-refractivity contribution >= 4 is 32.1 Å². The molecule has 4 atom stereocenters. The fourth-order valence-electron chi connectivity index (χ4n) is 8.49. The first-order valence-electron chi connectivity index (χ1n) is 18.9. The molecule has 310 valence electrons. The second-order valence-corrected chi connectivity index (χ2v) is 18.3. The second kappa shape index (κ2) is 15.2. The molecule has 1 aliphatic heterocycles. The Hall–Kier alpha value is -5.05. The highest BCUT2D eigenvalue weighted by molar-refractivity contribution is 7.98. The first-order chi connectivity index (χ1) is 27.9. The van der Waals surface area contributed by atoms with Crippen LogP contribution in [0.2, 0.25) is 0 Å². The number of halogens is 7. The van der Waals surface area contributed by atoms with Gasteiger partial charge in [0.1, 0.15) is 29.6 Å². The third-order valence-corrected chi connectivity index (χ3v) is 11.9. The number of carbonyl (C=O) groups is 1. The SMILES string of the molecule is C=S(C)(=O)Cc1nn(C)c2c(-c3ccc(C#CCN4CCOCC4)nc3[C@@H](CC(=O)Cn3nc(C(F)(F)F)c4c3C(F)(F)[C@@H]3C[C@H]43)Cc3cc(F)cc(F)c3)cccc12. The molecule has 1 saturated carbocycles. The molecule has 2 aliphatic carbocycles. The zero-order valence-electron chi connectivity index (χ0n) is 32.1. The molecule has 0 N–H and O–H groups in total. The minimum Gasteiger partial charge on any atom is -0.379 e. The molecule has 1 saturated heterocycles. The van der Waals surface area contributed by atoms with Gasteiger partial charge < -0.3 is 4.74 Å². The summed E-state index contributed by atoms with van der Waals surface area (Å²) in [6, 6.07) is 11.7. The van der Waals surface area contributed by atoms with Gasteiger partial charge in [-0.2, -0.15) is 32.1 Å². The van der Waals surface area contributed by atoms with E-state index in [4.69, 9.17) is 9.72 Å². The van der Waals surface area contributed by atoms with Crippen LogP contribution in [-0.4, -0.2) is 84.4 Å². The van der Waals surface area contributed by atoms with Gasteiger partial charge in [0.2, 0.25) is 0 Å². The van der Waals surface area contributed by atoms with Crippen molar-refractivity contribution in [3.63, 3.8) is 0 Å². The van der Waals surface area contributed by atoms with E-state index in [1.165, 1.54) is 6.26 Å². The lowest BCUT2D eigenvalue weighted by atomic mass is 9.86. The van der Waals surface area contributed by atoms with Crippen LogP contribution in [0.5, 0.6) is 0 Å². The Morgan fingerprint density at radius 1 is 1.07 bits per heavy atom. The minimum absolute atomic E-state index is 0.0898. The Kier molecular flexibility index (Phi) is 10.5. The number of pyridine rings is 1. The summed E-state index contributed by atoms with van der Waals surface area (Å²) in [6.07, 6.45) is -4.26. The molecule has 0 radical (unpaired) electrons. The molecule has 17 heteroatoms. The van der Waals surface area contributed by atoms with E-state index in [1.54, 1.807) is 36.0 Å². The number of ether oxygens (including phenoxy) is 1. The number of fused-ring (bicyclic) bond motifs is 4. The number of hydrogen-bond acceptors (Lipinski definition) is 7. The molecular weight excluding hydrogens is 802 g/mol.